The molecule has 0 saturated heterocycles. The molecule has 19 heavy (non-hydrogen) atoms. The smallest absolute Gasteiger partial charge is 0.102 e. The summed E-state index contributed by atoms with van der Waals surface area (Å²) in [5.41, 5.74) is 0. The summed E-state index contributed by atoms with van der Waals surface area (Å²) in [7, 11) is 3.64. The molecule has 0 aliphatic heterocycles. The van der Waals surface area contributed by atoms with Crippen LogP contribution in [-0.4, -0.2) is 64.1 Å². The van der Waals surface area contributed by atoms with Crippen molar-refractivity contribution in [3.05, 3.63) is 0 Å². The Morgan fingerprint density at radius 3 is 1.89 bits per heavy atom. The first-order valence-electron chi connectivity index (χ1n) is 7.05. The Kier molecular flexibility index (Phi) is 15.0. The van der Waals surface area contributed by atoms with Gasteiger partial charge in [0.1, 0.15) is 6.54 Å². The van der Waals surface area contributed by atoms with Crippen LogP contribution in [0.15, 0.2) is 0 Å². The summed E-state index contributed by atoms with van der Waals surface area (Å²) in [6.07, 6.45) is 2.53. The van der Waals surface area contributed by atoms with E-state index in [2.05, 4.69) is 32.6 Å². The molecule has 0 radical (unpaired) electrons. The van der Waals surface area contributed by atoms with E-state index in [0.29, 0.717) is 0 Å². The maximum atomic E-state index is 9.36. The second-order valence-electron chi connectivity index (χ2n) is 4.79. The van der Waals surface area contributed by atoms with E-state index in [-0.39, 0.29) is 6.61 Å². The molecule has 0 saturated carbocycles. The number of carboxylic acid groups (broad SMARTS) is 1. The molecule has 116 valence electrons. The Balaban J connectivity index is 0. The molecule has 0 rings (SSSR count). The molecule has 0 fully saturated rings. The third kappa shape index (κ3) is 15.3. The van der Waals surface area contributed by atoms with Crippen molar-refractivity contribution in [1.82, 2.24) is 0 Å². The molecule has 5 nitrogen and oxygen atoms in total. The van der Waals surface area contributed by atoms with Gasteiger partial charge in [0.2, 0.25) is 0 Å². The molecule has 0 aliphatic rings. The van der Waals surface area contributed by atoms with Gasteiger partial charge in [-0.25, -0.2) is 0 Å². The van der Waals surface area contributed by atoms with Crippen LogP contribution in [0.5, 0.6) is 0 Å². The van der Waals surface area contributed by atoms with Crippen LogP contribution in [0.4, 0.5) is 0 Å². The number of carbonyl (C=O) groups is 1. The topological polar surface area (TPSA) is 58.6 Å². The molecule has 5 heteroatoms. The number of likely N-dealkylation sites (N-methyl/N-ethyl adjacent to an activating group) is 1. The number of ether oxygens (including phenoxy) is 2. The fourth-order valence-electron chi connectivity index (χ4n) is 1.96. The lowest BCUT2D eigenvalue weighted by Crippen LogP contribution is -2.47. The number of carbonyl (C=O) groups excluding carboxylic acids is 1. The maximum Gasteiger partial charge on any atom is 0.102 e. The summed E-state index contributed by atoms with van der Waals surface area (Å²) < 4.78 is 10.7. The first-order chi connectivity index (χ1) is 8.95. The van der Waals surface area contributed by atoms with Gasteiger partial charge < -0.3 is 23.9 Å². The van der Waals surface area contributed by atoms with E-state index < -0.39 is 5.97 Å². The summed E-state index contributed by atoms with van der Waals surface area (Å²) in [5.74, 6) is -1.18. The molecule has 0 aromatic carbocycles. The van der Waals surface area contributed by atoms with Crippen LogP contribution in [0.2, 0.25) is 0 Å². The van der Waals surface area contributed by atoms with Crippen LogP contribution in [0.3, 0.4) is 0 Å². The van der Waals surface area contributed by atoms with Gasteiger partial charge in [0.15, 0.2) is 0 Å². The van der Waals surface area contributed by atoms with Gasteiger partial charge in [-0.15, -0.1) is 0 Å². The quantitative estimate of drug-likeness (QED) is 0.435. The lowest BCUT2D eigenvalue weighted by Gasteiger charge is -2.34. The number of hydrogen-bond donors (Lipinski definition) is 0. The van der Waals surface area contributed by atoms with Crippen molar-refractivity contribution in [2.75, 3.05) is 53.6 Å². The molecular formula is C14H31NO4. The third-order valence-electron chi connectivity index (χ3n) is 2.77. The second-order valence-corrected chi connectivity index (χ2v) is 4.79. The Hall–Kier alpha value is -0.650. The highest BCUT2D eigenvalue weighted by Gasteiger charge is 2.18. The van der Waals surface area contributed by atoms with Crippen molar-refractivity contribution in [2.24, 2.45) is 0 Å². The summed E-state index contributed by atoms with van der Waals surface area (Å²) in [6, 6.07) is 0. The summed E-state index contributed by atoms with van der Waals surface area (Å²) in [6.45, 7) is 11.7. The Morgan fingerprint density at radius 1 is 1.11 bits per heavy atom. The zero-order valence-corrected chi connectivity index (χ0v) is 13.2. The van der Waals surface area contributed by atoms with E-state index in [4.69, 9.17) is 4.74 Å². The van der Waals surface area contributed by atoms with Gasteiger partial charge >= 0.3 is 0 Å². The minimum absolute atomic E-state index is 0.319. The number of hydrogen-bond acceptors (Lipinski definition) is 4. The molecule has 0 aromatic rings. The molecular weight excluding hydrogens is 246 g/mol. The van der Waals surface area contributed by atoms with Gasteiger partial charge in [0.05, 0.1) is 39.3 Å². The summed E-state index contributed by atoms with van der Waals surface area (Å²) >= 11 is 0. The normalized spacial score (nSPS) is 10.8. The predicted molar refractivity (Wildman–Crippen MR) is 74.7 cm³/mol. The monoisotopic (exact) mass is 277 g/mol. The van der Waals surface area contributed by atoms with Gasteiger partial charge in [-0.05, 0) is 19.8 Å². The molecule has 0 N–H and O–H groups in total. The second kappa shape index (κ2) is 13.8. The molecule has 0 heterocycles. The third-order valence-corrected chi connectivity index (χ3v) is 2.77. The number of nitrogens with zero attached hydrogens (tertiary/aromatic N) is 1. The molecule has 0 spiro atoms. The van der Waals surface area contributed by atoms with Gasteiger partial charge in [-0.3, -0.25) is 0 Å². The number of quaternary nitrogens is 1. The van der Waals surface area contributed by atoms with Crippen molar-refractivity contribution >= 4 is 5.97 Å². The predicted octanol–water partition coefficient (Wildman–Crippen LogP) is 0.672. The van der Waals surface area contributed by atoms with Crippen molar-refractivity contribution in [2.45, 2.75) is 33.6 Å². The van der Waals surface area contributed by atoms with E-state index in [0.717, 1.165) is 19.8 Å². The molecule has 0 aliphatic carbocycles. The van der Waals surface area contributed by atoms with Gasteiger partial charge in [0, 0.05) is 13.7 Å². The summed E-state index contributed by atoms with van der Waals surface area (Å²) in [5, 5.41) is 9.36. The van der Waals surface area contributed by atoms with E-state index in [1.807, 2.05) is 0 Å². The SMILES string of the molecule is CCC[N+](C)(CCC)CCOCC.COCC(=O)[O-]. The Labute approximate surface area is 118 Å². The highest BCUT2D eigenvalue weighted by molar-refractivity contribution is 5.65. The average molecular weight is 277 g/mol. The number of carboxylic acids is 1. The Morgan fingerprint density at radius 2 is 1.63 bits per heavy atom. The van der Waals surface area contributed by atoms with E-state index in [9.17, 15) is 9.90 Å². The van der Waals surface area contributed by atoms with Crippen LogP contribution in [0.25, 0.3) is 0 Å². The van der Waals surface area contributed by atoms with E-state index >= 15 is 0 Å². The van der Waals surface area contributed by atoms with Crippen LogP contribution in [0, 0.1) is 0 Å². The first-order valence-corrected chi connectivity index (χ1v) is 7.05. The maximum absolute atomic E-state index is 9.36. The molecule has 0 bridgehead atoms. The number of rotatable bonds is 10. The van der Waals surface area contributed by atoms with Crippen molar-refractivity contribution in [3.8, 4) is 0 Å². The van der Waals surface area contributed by atoms with Gasteiger partial charge in [-0.2, -0.15) is 0 Å². The van der Waals surface area contributed by atoms with Gasteiger partial charge in [-0.1, -0.05) is 13.8 Å². The molecule has 0 atom stereocenters. The standard InChI is InChI=1S/C11H26NO.C3H6O3/c1-5-8-12(4,9-6-2)10-11-13-7-3;1-6-2-3(4)5/h5-11H2,1-4H3;2H2,1H3,(H,4,5)/q+1;/p-1. The minimum Gasteiger partial charge on any atom is -0.548 e. The number of aliphatic carboxylic acids is 1. The van der Waals surface area contributed by atoms with Gasteiger partial charge in [0.25, 0.3) is 0 Å². The van der Waals surface area contributed by atoms with Crippen molar-refractivity contribution in [3.63, 3.8) is 0 Å². The summed E-state index contributed by atoms with van der Waals surface area (Å²) in [4.78, 5) is 9.36. The lowest BCUT2D eigenvalue weighted by molar-refractivity contribution is -0.910. The van der Waals surface area contributed by atoms with Crippen molar-refractivity contribution in [1.29, 1.82) is 0 Å². The van der Waals surface area contributed by atoms with E-state index in [1.54, 1.807) is 0 Å². The fourth-order valence-corrected chi connectivity index (χ4v) is 1.96. The highest BCUT2D eigenvalue weighted by Crippen LogP contribution is 2.05. The fraction of sp³-hybridized carbons (Fsp3) is 0.929. The van der Waals surface area contributed by atoms with Crippen LogP contribution >= 0.6 is 0 Å². The Bertz CT molecular complexity index is 204. The highest BCUT2D eigenvalue weighted by atomic mass is 16.5. The minimum atomic E-state index is -1.18. The van der Waals surface area contributed by atoms with Crippen molar-refractivity contribution < 1.29 is 23.9 Å². The lowest BCUT2D eigenvalue weighted by atomic mass is 10.3. The van der Waals surface area contributed by atoms with Crippen LogP contribution < -0.4 is 5.11 Å². The zero-order chi connectivity index (χ0) is 15.1. The molecule has 0 unspecified atom stereocenters. The largest absolute Gasteiger partial charge is 0.548 e. The average Bonchev–Trinajstić information content (AvgIpc) is 2.30. The zero-order valence-electron chi connectivity index (χ0n) is 13.2. The molecule has 0 amide bonds. The molecule has 0 aromatic heterocycles. The first kappa shape index (κ1) is 20.7. The number of methoxy groups -OCH3 is 1. The van der Waals surface area contributed by atoms with Crippen LogP contribution in [-0.2, 0) is 14.3 Å². The van der Waals surface area contributed by atoms with E-state index in [1.165, 1.54) is 37.5 Å². The van der Waals surface area contributed by atoms with Crippen LogP contribution in [0.1, 0.15) is 33.6 Å².